The first-order valence-electron chi connectivity index (χ1n) is 16.7. The molecule has 4 aromatic carbocycles. The van der Waals surface area contributed by atoms with Crippen molar-refractivity contribution in [1.82, 2.24) is 16.0 Å². The number of hydrogen-bond acceptors (Lipinski definition) is 6. The van der Waals surface area contributed by atoms with Gasteiger partial charge in [-0.15, -0.1) is 0 Å². The molecule has 3 atom stereocenters. The minimum atomic E-state index is -1.05. The number of alkyl carbamates (subject to hydrolysis) is 1. The maximum absolute atomic E-state index is 13.5. The van der Waals surface area contributed by atoms with Crippen LogP contribution in [0.25, 0.3) is 11.1 Å². The number of benzene rings is 4. The Hall–Kier alpha value is -5.41. The lowest BCUT2D eigenvalue weighted by atomic mass is 9.98. The average Bonchev–Trinajstić information content (AvgIpc) is 3.46. The molecule has 1 heterocycles. The zero-order valence-corrected chi connectivity index (χ0v) is 28.1. The summed E-state index contributed by atoms with van der Waals surface area (Å²) in [5.41, 5.74) is 5.94. The third-order valence-electron chi connectivity index (χ3n) is 8.98. The minimum Gasteiger partial charge on any atom is -0.454 e. The summed E-state index contributed by atoms with van der Waals surface area (Å²) in [5.74, 6) is -2.08. The molecule has 0 unspecified atom stereocenters. The SMILES string of the molecule is O=C(C[C@@H]1C/C=C\C[C@@H](NC(=O)OCC2c3ccccc3-c3ccccc32)C(=O)O[C@H](c2ccccc2)CNC1=O)NCc1ccc(Cl)cc1. The summed E-state index contributed by atoms with van der Waals surface area (Å²) in [6, 6.07) is 31.3. The highest BCUT2D eigenvalue weighted by molar-refractivity contribution is 6.30. The van der Waals surface area contributed by atoms with Crippen LogP contribution in [0.3, 0.4) is 0 Å². The van der Waals surface area contributed by atoms with Gasteiger partial charge >= 0.3 is 12.1 Å². The van der Waals surface area contributed by atoms with Crippen LogP contribution in [-0.4, -0.2) is 43.1 Å². The number of cyclic esters (lactones) is 1. The Labute approximate surface area is 296 Å². The van der Waals surface area contributed by atoms with Crippen LogP contribution >= 0.6 is 11.6 Å². The highest BCUT2D eigenvalue weighted by Crippen LogP contribution is 2.44. The molecule has 1 aliphatic heterocycles. The van der Waals surface area contributed by atoms with Gasteiger partial charge in [0.15, 0.2) is 0 Å². The number of ether oxygens (including phenoxy) is 2. The second kappa shape index (κ2) is 16.3. The van der Waals surface area contributed by atoms with E-state index >= 15 is 0 Å². The quantitative estimate of drug-likeness (QED) is 0.141. The fourth-order valence-electron chi connectivity index (χ4n) is 6.33. The van der Waals surface area contributed by atoms with Crippen LogP contribution in [0.5, 0.6) is 0 Å². The van der Waals surface area contributed by atoms with Crippen LogP contribution in [0.2, 0.25) is 5.02 Å². The van der Waals surface area contributed by atoms with E-state index in [4.69, 9.17) is 21.1 Å². The smallest absolute Gasteiger partial charge is 0.407 e. The maximum Gasteiger partial charge on any atom is 0.407 e. The Morgan fingerprint density at radius 1 is 0.820 bits per heavy atom. The van der Waals surface area contributed by atoms with Gasteiger partial charge in [-0.2, -0.15) is 0 Å². The average molecular weight is 692 g/mol. The van der Waals surface area contributed by atoms with Crippen molar-refractivity contribution < 1.29 is 28.7 Å². The molecule has 0 radical (unpaired) electrons. The van der Waals surface area contributed by atoms with Crippen LogP contribution in [0.4, 0.5) is 4.79 Å². The third kappa shape index (κ3) is 8.59. The molecule has 0 saturated carbocycles. The molecule has 9 nitrogen and oxygen atoms in total. The lowest BCUT2D eigenvalue weighted by molar-refractivity contribution is -0.152. The number of amides is 3. The molecule has 6 rings (SSSR count). The molecule has 0 spiro atoms. The lowest BCUT2D eigenvalue weighted by Gasteiger charge is -2.25. The first-order chi connectivity index (χ1) is 24.4. The van der Waals surface area contributed by atoms with Gasteiger partial charge in [-0.05, 0) is 58.4 Å². The van der Waals surface area contributed by atoms with Gasteiger partial charge in [-0.1, -0.05) is 115 Å². The molecule has 3 N–H and O–H groups in total. The summed E-state index contributed by atoms with van der Waals surface area (Å²) in [5, 5.41) is 9.05. The molecule has 1 aliphatic carbocycles. The monoisotopic (exact) mass is 691 g/mol. The van der Waals surface area contributed by atoms with Gasteiger partial charge in [0, 0.05) is 23.9 Å². The molecule has 0 saturated heterocycles. The van der Waals surface area contributed by atoms with E-state index in [1.165, 1.54) is 0 Å². The Bertz CT molecular complexity index is 1820. The number of hydrogen-bond donors (Lipinski definition) is 3. The Balaban J connectivity index is 1.13. The molecular weight excluding hydrogens is 654 g/mol. The van der Waals surface area contributed by atoms with Crippen molar-refractivity contribution in [3.8, 4) is 11.1 Å². The molecule has 50 heavy (non-hydrogen) atoms. The first kappa shape index (κ1) is 34.5. The highest BCUT2D eigenvalue weighted by Gasteiger charge is 2.31. The van der Waals surface area contributed by atoms with Crippen molar-refractivity contribution >= 4 is 35.5 Å². The summed E-state index contributed by atoms with van der Waals surface area (Å²) < 4.78 is 11.6. The van der Waals surface area contributed by atoms with Crippen molar-refractivity contribution in [3.63, 3.8) is 0 Å². The number of esters is 1. The van der Waals surface area contributed by atoms with E-state index in [2.05, 4.69) is 28.1 Å². The zero-order valence-electron chi connectivity index (χ0n) is 27.3. The maximum atomic E-state index is 13.5. The first-order valence-corrected chi connectivity index (χ1v) is 17.0. The molecule has 0 aromatic heterocycles. The third-order valence-corrected chi connectivity index (χ3v) is 9.23. The summed E-state index contributed by atoms with van der Waals surface area (Å²) in [6.45, 7) is 0.381. The predicted octanol–water partition coefficient (Wildman–Crippen LogP) is 6.62. The Kier molecular flexibility index (Phi) is 11.3. The molecule has 0 bridgehead atoms. The minimum absolute atomic E-state index is 0.0150. The van der Waals surface area contributed by atoms with Gasteiger partial charge in [0.1, 0.15) is 18.8 Å². The van der Waals surface area contributed by atoms with Crippen LogP contribution < -0.4 is 16.0 Å². The summed E-state index contributed by atoms with van der Waals surface area (Å²) in [6.07, 6.45) is 2.19. The lowest BCUT2D eigenvalue weighted by Crippen LogP contribution is -2.44. The van der Waals surface area contributed by atoms with Gasteiger partial charge in [-0.25, -0.2) is 9.59 Å². The van der Waals surface area contributed by atoms with Gasteiger partial charge in [0.25, 0.3) is 0 Å². The second-order valence-corrected chi connectivity index (χ2v) is 12.8. The van der Waals surface area contributed by atoms with Gasteiger partial charge in [0.05, 0.1) is 12.5 Å². The van der Waals surface area contributed by atoms with Crippen LogP contribution in [-0.2, 0) is 30.4 Å². The summed E-state index contributed by atoms with van der Waals surface area (Å²) in [7, 11) is 0. The number of allylic oxidation sites excluding steroid dienone is 1. The zero-order chi connectivity index (χ0) is 34.9. The van der Waals surface area contributed by atoms with Crippen LogP contribution in [0.1, 0.15) is 53.5 Å². The number of fused-ring (bicyclic) bond motifs is 3. The molecule has 2 aliphatic rings. The second-order valence-electron chi connectivity index (χ2n) is 12.4. The molecule has 256 valence electrons. The van der Waals surface area contributed by atoms with Crippen LogP contribution in [0, 0.1) is 5.92 Å². The number of carbonyl (C=O) groups excluding carboxylic acids is 4. The highest BCUT2D eigenvalue weighted by atomic mass is 35.5. The standard InChI is InChI=1S/C40H38ClN3O6/c41-29-20-18-26(19-21-29)23-42-37(45)22-28-12-4-9-17-35(39(47)50-36(24-43-38(28)46)27-10-2-1-3-11-27)44-40(48)49-25-34-32-15-7-5-13-30(32)31-14-6-8-16-33(31)34/h1-11,13-16,18-21,28,34-36H,12,17,22-25H2,(H,42,45)(H,43,46)(H,44,48)/b9-4-/t28-,35+,36-/m0/s1. The van der Waals surface area contributed by atoms with E-state index in [1.807, 2.05) is 66.7 Å². The van der Waals surface area contributed by atoms with E-state index in [9.17, 15) is 19.2 Å². The van der Waals surface area contributed by atoms with E-state index in [0.717, 1.165) is 27.8 Å². The Morgan fingerprint density at radius 2 is 1.46 bits per heavy atom. The van der Waals surface area contributed by atoms with Gasteiger partial charge in [-0.3, -0.25) is 9.59 Å². The van der Waals surface area contributed by atoms with Crippen molar-refractivity contribution in [2.75, 3.05) is 13.2 Å². The van der Waals surface area contributed by atoms with E-state index in [1.54, 1.807) is 36.4 Å². The van der Waals surface area contributed by atoms with Crippen molar-refractivity contribution in [1.29, 1.82) is 0 Å². The van der Waals surface area contributed by atoms with E-state index in [-0.39, 0.29) is 50.1 Å². The normalized spacial score (nSPS) is 19.7. The van der Waals surface area contributed by atoms with E-state index in [0.29, 0.717) is 17.1 Å². The summed E-state index contributed by atoms with van der Waals surface area (Å²) in [4.78, 5) is 52.9. The Morgan fingerprint density at radius 3 is 2.16 bits per heavy atom. The molecule has 0 fully saturated rings. The molecular formula is C40H38ClN3O6. The number of rotatable bonds is 8. The van der Waals surface area contributed by atoms with E-state index < -0.39 is 30.1 Å². The van der Waals surface area contributed by atoms with Crippen LogP contribution in [0.15, 0.2) is 115 Å². The van der Waals surface area contributed by atoms with Gasteiger partial charge < -0.3 is 25.4 Å². The fraction of sp³-hybridized carbons (Fsp3) is 0.250. The topological polar surface area (TPSA) is 123 Å². The summed E-state index contributed by atoms with van der Waals surface area (Å²) >= 11 is 5.96. The largest absolute Gasteiger partial charge is 0.454 e. The predicted molar refractivity (Wildman–Crippen MR) is 190 cm³/mol. The number of carbonyl (C=O) groups is 4. The van der Waals surface area contributed by atoms with Crippen molar-refractivity contribution in [2.24, 2.45) is 5.92 Å². The number of halogens is 1. The van der Waals surface area contributed by atoms with Crippen molar-refractivity contribution in [2.45, 2.75) is 43.9 Å². The number of nitrogens with one attached hydrogen (secondary N) is 3. The van der Waals surface area contributed by atoms with Crippen molar-refractivity contribution in [3.05, 3.63) is 143 Å². The molecule has 10 heteroatoms. The molecule has 4 aromatic rings. The fourth-order valence-corrected chi connectivity index (χ4v) is 6.45. The van der Waals surface area contributed by atoms with Gasteiger partial charge in [0.2, 0.25) is 11.8 Å². The molecule has 3 amide bonds.